The van der Waals surface area contributed by atoms with Crippen molar-refractivity contribution in [3.8, 4) is 0 Å². The molecular weight excluding hydrogens is 506 g/mol. The van der Waals surface area contributed by atoms with E-state index >= 15 is 0 Å². The highest BCUT2D eigenvalue weighted by Crippen LogP contribution is 2.53. The molecule has 1 aromatic heterocycles. The molecular formula is C24H32ClN5O5S. The number of hydrogen-bond donors (Lipinski definition) is 3. The number of aromatic nitrogens is 2. The van der Waals surface area contributed by atoms with E-state index in [2.05, 4.69) is 15.3 Å². The Morgan fingerprint density at radius 3 is 2.42 bits per heavy atom. The van der Waals surface area contributed by atoms with Crippen LogP contribution in [0.2, 0.25) is 5.02 Å². The van der Waals surface area contributed by atoms with Crippen molar-refractivity contribution in [2.24, 2.45) is 0 Å². The van der Waals surface area contributed by atoms with E-state index in [1.54, 1.807) is 37.8 Å². The van der Waals surface area contributed by atoms with E-state index < -0.39 is 28.3 Å². The topological polar surface area (TPSA) is 128 Å². The summed E-state index contributed by atoms with van der Waals surface area (Å²) in [4.78, 5) is 38.4. The normalized spacial score (nSPS) is 18.8. The van der Waals surface area contributed by atoms with Gasteiger partial charge in [-0.15, -0.1) is 0 Å². The van der Waals surface area contributed by atoms with Gasteiger partial charge < -0.3 is 19.9 Å². The average molecular weight is 538 g/mol. The number of halogens is 1. The summed E-state index contributed by atoms with van der Waals surface area (Å²) in [6.07, 6.45) is 1.09. The summed E-state index contributed by atoms with van der Waals surface area (Å²) in [6, 6.07) is 6.36. The first-order chi connectivity index (χ1) is 16.9. The third kappa shape index (κ3) is 6.58. The van der Waals surface area contributed by atoms with Gasteiger partial charge in [-0.3, -0.25) is 13.9 Å². The number of nitrogens with one attached hydrogen (secondary N) is 1. The summed E-state index contributed by atoms with van der Waals surface area (Å²) < 4.78 is 25.7. The van der Waals surface area contributed by atoms with Crippen molar-refractivity contribution in [1.82, 2.24) is 20.2 Å². The van der Waals surface area contributed by atoms with Gasteiger partial charge >= 0.3 is 6.09 Å². The van der Waals surface area contributed by atoms with Gasteiger partial charge in [0.2, 0.25) is 5.91 Å². The SMILES string of the molecule is CC(C)(C)OC(=O)NC(Cc1ccc(Cl)cc1)C(=O)N1CCN(c2ncnc3c2CS(O)(O)C3)CC1. The highest BCUT2D eigenvalue weighted by atomic mass is 35.5. The van der Waals surface area contributed by atoms with Crippen molar-refractivity contribution in [2.45, 2.75) is 50.3 Å². The van der Waals surface area contributed by atoms with E-state index in [-0.39, 0.29) is 17.4 Å². The molecule has 196 valence electrons. The number of rotatable bonds is 5. The second-order valence-corrected chi connectivity index (χ2v) is 12.7. The Labute approximate surface area is 217 Å². The molecule has 12 heteroatoms. The Bertz CT molecular complexity index is 1120. The zero-order valence-electron chi connectivity index (χ0n) is 20.6. The number of hydrogen-bond acceptors (Lipinski definition) is 8. The van der Waals surface area contributed by atoms with E-state index in [9.17, 15) is 18.7 Å². The number of piperazine rings is 1. The first-order valence-corrected chi connectivity index (χ1v) is 14.0. The molecule has 1 aromatic carbocycles. The average Bonchev–Trinajstić information content (AvgIpc) is 3.12. The molecule has 2 amide bonds. The van der Waals surface area contributed by atoms with Crippen molar-refractivity contribution in [3.05, 3.63) is 52.4 Å². The summed E-state index contributed by atoms with van der Waals surface area (Å²) in [5, 5.41) is 3.34. The molecule has 2 aliphatic rings. The van der Waals surface area contributed by atoms with Gasteiger partial charge in [-0.25, -0.2) is 14.8 Å². The van der Waals surface area contributed by atoms with E-state index in [4.69, 9.17) is 16.3 Å². The number of carbonyl (C=O) groups excluding carboxylic acids is 2. The van der Waals surface area contributed by atoms with Crippen molar-refractivity contribution in [1.29, 1.82) is 0 Å². The maximum Gasteiger partial charge on any atom is 0.408 e. The number of benzene rings is 1. The molecule has 36 heavy (non-hydrogen) atoms. The standard InChI is InChI=1S/C24H32ClN5O5S/c1-24(2,3)35-23(32)28-19(12-16-4-6-17(25)7-5-16)22(31)30-10-8-29(9-11-30)21-18-13-36(33,34)14-20(18)26-15-27-21/h4-7,15,19,33-34H,8-14H2,1-3H3,(H,28,32). The maximum absolute atomic E-state index is 13.5. The fourth-order valence-corrected chi connectivity index (χ4v) is 6.02. The van der Waals surface area contributed by atoms with E-state index in [0.29, 0.717) is 49.1 Å². The minimum Gasteiger partial charge on any atom is -0.444 e. The third-order valence-electron chi connectivity index (χ3n) is 5.99. The Balaban J connectivity index is 1.44. The summed E-state index contributed by atoms with van der Waals surface area (Å²) >= 11 is 6.00. The van der Waals surface area contributed by atoms with Crippen LogP contribution in [0.4, 0.5) is 10.6 Å². The minimum absolute atomic E-state index is 0.152. The second kappa shape index (κ2) is 10.4. The molecule has 1 saturated heterocycles. The van der Waals surface area contributed by atoms with Gasteiger partial charge in [0, 0.05) is 43.2 Å². The van der Waals surface area contributed by atoms with Gasteiger partial charge in [0.1, 0.15) is 23.8 Å². The van der Waals surface area contributed by atoms with Crippen LogP contribution < -0.4 is 10.2 Å². The number of alkyl carbamates (subject to hydrolysis) is 1. The van der Waals surface area contributed by atoms with Gasteiger partial charge in [-0.2, -0.15) is 10.6 Å². The number of nitrogens with zero attached hydrogens (tertiary/aromatic N) is 4. The molecule has 0 bridgehead atoms. The van der Waals surface area contributed by atoms with Gasteiger partial charge in [0.05, 0.1) is 17.2 Å². The fraction of sp³-hybridized carbons (Fsp3) is 0.500. The lowest BCUT2D eigenvalue weighted by Crippen LogP contribution is -2.56. The number of ether oxygens (including phenoxy) is 1. The molecule has 3 N–H and O–H groups in total. The smallest absolute Gasteiger partial charge is 0.408 e. The lowest BCUT2D eigenvalue weighted by molar-refractivity contribution is -0.133. The van der Waals surface area contributed by atoms with E-state index in [1.807, 2.05) is 17.0 Å². The van der Waals surface area contributed by atoms with E-state index in [0.717, 1.165) is 11.1 Å². The van der Waals surface area contributed by atoms with Crippen LogP contribution in [0.3, 0.4) is 0 Å². The molecule has 4 rings (SSSR count). The van der Waals surface area contributed by atoms with Gasteiger partial charge in [0.15, 0.2) is 0 Å². The van der Waals surface area contributed by atoms with Crippen LogP contribution in [0.5, 0.6) is 0 Å². The molecule has 10 nitrogen and oxygen atoms in total. The van der Waals surface area contributed by atoms with Gasteiger partial charge in [0.25, 0.3) is 0 Å². The van der Waals surface area contributed by atoms with Crippen LogP contribution in [0.1, 0.15) is 37.6 Å². The van der Waals surface area contributed by atoms with Crippen molar-refractivity contribution < 1.29 is 23.4 Å². The summed E-state index contributed by atoms with van der Waals surface area (Å²) in [7, 11) is -2.71. The van der Waals surface area contributed by atoms with Crippen molar-refractivity contribution in [3.63, 3.8) is 0 Å². The largest absolute Gasteiger partial charge is 0.444 e. The Hall–Kier alpha value is -2.60. The lowest BCUT2D eigenvalue weighted by atomic mass is 10.0. The number of anilines is 1. The third-order valence-corrected chi connectivity index (χ3v) is 7.73. The van der Waals surface area contributed by atoms with Crippen LogP contribution >= 0.6 is 22.2 Å². The number of amides is 2. The predicted molar refractivity (Wildman–Crippen MR) is 139 cm³/mol. The van der Waals surface area contributed by atoms with Crippen LogP contribution in [-0.2, 0) is 27.5 Å². The molecule has 0 aliphatic carbocycles. The monoisotopic (exact) mass is 537 g/mol. The summed E-state index contributed by atoms with van der Waals surface area (Å²) in [5.74, 6) is 0.798. The predicted octanol–water partition coefficient (Wildman–Crippen LogP) is 3.68. The van der Waals surface area contributed by atoms with Crippen LogP contribution in [-0.4, -0.2) is 73.8 Å². The minimum atomic E-state index is -2.71. The first-order valence-electron chi connectivity index (χ1n) is 11.7. The van der Waals surface area contributed by atoms with Crippen molar-refractivity contribution in [2.75, 3.05) is 31.1 Å². The number of carbonyl (C=O) groups is 2. The molecule has 2 aliphatic heterocycles. The van der Waals surface area contributed by atoms with Gasteiger partial charge in [-0.05, 0) is 38.5 Å². The quantitative estimate of drug-likeness (QED) is 0.527. The lowest BCUT2D eigenvalue weighted by Gasteiger charge is -2.37. The van der Waals surface area contributed by atoms with Crippen molar-refractivity contribution >= 4 is 40.0 Å². The number of fused-ring (bicyclic) bond motifs is 1. The van der Waals surface area contributed by atoms with Gasteiger partial charge in [-0.1, -0.05) is 23.7 Å². The fourth-order valence-electron chi connectivity index (χ4n) is 4.35. The zero-order valence-corrected chi connectivity index (χ0v) is 22.2. The van der Waals surface area contributed by atoms with Crippen LogP contribution in [0.15, 0.2) is 30.6 Å². The molecule has 2 aromatic rings. The van der Waals surface area contributed by atoms with Crippen LogP contribution in [0, 0.1) is 0 Å². The molecule has 3 heterocycles. The Morgan fingerprint density at radius 1 is 1.11 bits per heavy atom. The second-order valence-electron chi connectivity index (χ2n) is 10.1. The Kier molecular flexibility index (Phi) is 7.65. The maximum atomic E-state index is 13.5. The molecule has 0 saturated carbocycles. The summed E-state index contributed by atoms with van der Waals surface area (Å²) in [6.45, 7) is 7.21. The van der Waals surface area contributed by atoms with E-state index in [1.165, 1.54) is 6.33 Å². The first kappa shape index (κ1) is 26.5. The Morgan fingerprint density at radius 2 is 1.78 bits per heavy atom. The van der Waals surface area contributed by atoms with Crippen LogP contribution in [0.25, 0.3) is 0 Å². The highest BCUT2D eigenvalue weighted by Gasteiger charge is 2.34. The molecule has 0 spiro atoms. The zero-order chi connectivity index (χ0) is 26.1. The molecule has 0 radical (unpaired) electrons. The molecule has 1 unspecified atom stereocenters. The molecule has 1 fully saturated rings. The molecule has 1 atom stereocenters. The highest BCUT2D eigenvalue weighted by molar-refractivity contribution is 8.23. The summed E-state index contributed by atoms with van der Waals surface area (Å²) in [5.41, 5.74) is 1.61.